The van der Waals surface area contributed by atoms with E-state index < -0.39 is 11.7 Å². The molecule has 2 rings (SSSR count). The van der Waals surface area contributed by atoms with Crippen LogP contribution in [0.4, 0.5) is 4.39 Å². The second-order valence-corrected chi connectivity index (χ2v) is 5.92. The van der Waals surface area contributed by atoms with Gasteiger partial charge in [-0.25, -0.2) is 4.39 Å². The van der Waals surface area contributed by atoms with Crippen molar-refractivity contribution in [1.29, 1.82) is 5.41 Å². The Kier molecular flexibility index (Phi) is 6.73. The Morgan fingerprint density at radius 3 is 2.56 bits per heavy atom. The number of hydrogen-bond donors (Lipinski definition) is 4. The Bertz CT molecular complexity index is 889. The third-order valence-corrected chi connectivity index (χ3v) is 3.93. The summed E-state index contributed by atoms with van der Waals surface area (Å²) < 4.78 is 18.7. The number of nitrogens with one attached hydrogen (secondary N) is 3. The summed E-state index contributed by atoms with van der Waals surface area (Å²) in [6.45, 7) is -0.151. The van der Waals surface area contributed by atoms with Gasteiger partial charge in [-0.05, 0) is 24.3 Å². The summed E-state index contributed by atoms with van der Waals surface area (Å²) >= 11 is 5.69. The number of carbonyl (C=O) groups is 2. The van der Waals surface area contributed by atoms with Crippen LogP contribution in [0.1, 0.15) is 21.5 Å². The summed E-state index contributed by atoms with van der Waals surface area (Å²) in [4.78, 5) is 23.6. The van der Waals surface area contributed by atoms with Gasteiger partial charge in [-0.3, -0.25) is 15.0 Å². The van der Waals surface area contributed by atoms with Crippen LogP contribution in [-0.4, -0.2) is 31.3 Å². The smallest absolute Gasteiger partial charge is 0.257 e. The monoisotopic (exact) mass is 392 g/mol. The van der Waals surface area contributed by atoms with Crippen molar-refractivity contribution in [2.75, 3.05) is 13.7 Å². The Balaban J connectivity index is 2.15. The van der Waals surface area contributed by atoms with Crippen LogP contribution in [0, 0.1) is 11.2 Å². The molecule has 0 heterocycles. The number of hydrogen-bond acceptors (Lipinski definition) is 4. The van der Waals surface area contributed by atoms with E-state index in [4.69, 9.17) is 27.5 Å². The van der Waals surface area contributed by atoms with Crippen LogP contribution in [-0.2, 0) is 11.3 Å². The topological polar surface area (TPSA) is 117 Å². The lowest BCUT2D eigenvalue weighted by molar-refractivity contribution is -0.122. The highest BCUT2D eigenvalue weighted by atomic mass is 35.5. The first kappa shape index (κ1) is 20.2. The number of amidine groups is 1. The molecule has 7 nitrogen and oxygen atoms in total. The molecule has 0 spiro atoms. The molecule has 0 aromatic heterocycles. The zero-order chi connectivity index (χ0) is 20.0. The number of likely N-dealkylation sites (N-methyl/N-ethyl adjacent to an activating group) is 1. The molecule has 0 fully saturated rings. The maximum atomic E-state index is 13.2. The van der Waals surface area contributed by atoms with E-state index in [1.54, 1.807) is 12.1 Å². The third kappa shape index (κ3) is 5.42. The number of ether oxygens (including phenoxy) is 1. The SMILES string of the molecule is CNC(=O)COc1cc(C(=N)N)ccc1CNC(=O)c1ccc(F)c(Cl)c1. The third-order valence-electron chi connectivity index (χ3n) is 3.64. The normalized spacial score (nSPS) is 10.2. The zero-order valence-electron chi connectivity index (χ0n) is 14.4. The maximum Gasteiger partial charge on any atom is 0.257 e. The molecule has 27 heavy (non-hydrogen) atoms. The van der Waals surface area contributed by atoms with E-state index in [1.165, 1.54) is 25.2 Å². The molecule has 0 aliphatic heterocycles. The second-order valence-electron chi connectivity index (χ2n) is 5.51. The number of benzene rings is 2. The van der Waals surface area contributed by atoms with Gasteiger partial charge in [-0.1, -0.05) is 23.7 Å². The van der Waals surface area contributed by atoms with Gasteiger partial charge in [0.15, 0.2) is 6.61 Å². The predicted molar refractivity (Wildman–Crippen MR) is 99.6 cm³/mol. The first-order chi connectivity index (χ1) is 12.8. The minimum atomic E-state index is -0.613. The van der Waals surface area contributed by atoms with Crippen LogP contribution in [0.3, 0.4) is 0 Å². The Labute approximate surface area is 160 Å². The Morgan fingerprint density at radius 2 is 1.93 bits per heavy atom. The number of carbonyl (C=O) groups excluding carboxylic acids is 2. The van der Waals surface area contributed by atoms with Gasteiger partial charge in [-0.15, -0.1) is 0 Å². The fourth-order valence-electron chi connectivity index (χ4n) is 2.13. The van der Waals surface area contributed by atoms with Crippen LogP contribution in [0.2, 0.25) is 5.02 Å². The largest absolute Gasteiger partial charge is 0.483 e. The fraction of sp³-hybridized carbons (Fsp3) is 0.167. The van der Waals surface area contributed by atoms with Crippen LogP contribution < -0.4 is 21.1 Å². The van der Waals surface area contributed by atoms with Crippen LogP contribution in [0.5, 0.6) is 5.75 Å². The van der Waals surface area contributed by atoms with Crippen molar-refractivity contribution in [1.82, 2.24) is 10.6 Å². The van der Waals surface area contributed by atoms with E-state index >= 15 is 0 Å². The number of halogens is 2. The molecule has 9 heteroatoms. The Morgan fingerprint density at radius 1 is 1.22 bits per heavy atom. The van der Waals surface area contributed by atoms with E-state index in [2.05, 4.69) is 10.6 Å². The molecular weight excluding hydrogens is 375 g/mol. The molecule has 0 aliphatic carbocycles. The molecule has 2 aromatic rings. The van der Waals surface area contributed by atoms with E-state index in [0.717, 1.165) is 6.07 Å². The number of rotatable bonds is 7. The minimum absolute atomic E-state index is 0.0785. The van der Waals surface area contributed by atoms with Crippen molar-refractivity contribution in [2.24, 2.45) is 5.73 Å². The van der Waals surface area contributed by atoms with E-state index in [0.29, 0.717) is 16.9 Å². The highest BCUT2D eigenvalue weighted by Gasteiger charge is 2.12. The lowest BCUT2D eigenvalue weighted by Crippen LogP contribution is -2.26. The minimum Gasteiger partial charge on any atom is -0.483 e. The number of amides is 2. The van der Waals surface area contributed by atoms with Gasteiger partial charge in [0.25, 0.3) is 11.8 Å². The van der Waals surface area contributed by atoms with Gasteiger partial charge in [0, 0.05) is 30.3 Å². The summed E-state index contributed by atoms with van der Waals surface area (Å²) in [5.41, 5.74) is 6.67. The molecule has 2 aromatic carbocycles. The summed E-state index contributed by atoms with van der Waals surface area (Å²) in [6, 6.07) is 8.41. The van der Waals surface area contributed by atoms with Crippen LogP contribution in [0.25, 0.3) is 0 Å². The first-order valence-electron chi connectivity index (χ1n) is 7.85. The average Bonchev–Trinajstić information content (AvgIpc) is 2.66. The molecule has 0 aliphatic rings. The summed E-state index contributed by atoms with van der Waals surface area (Å²) in [6.07, 6.45) is 0. The molecule has 2 amide bonds. The van der Waals surface area contributed by atoms with Crippen molar-refractivity contribution >= 4 is 29.3 Å². The van der Waals surface area contributed by atoms with Crippen molar-refractivity contribution < 1.29 is 18.7 Å². The summed E-state index contributed by atoms with van der Waals surface area (Å²) in [5.74, 6) is -1.25. The lowest BCUT2D eigenvalue weighted by Gasteiger charge is -2.13. The van der Waals surface area contributed by atoms with E-state index in [1.807, 2.05) is 0 Å². The van der Waals surface area contributed by atoms with Gasteiger partial charge >= 0.3 is 0 Å². The Hall–Kier alpha value is -3.13. The maximum absolute atomic E-state index is 13.2. The van der Waals surface area contributed by atoms with Crippen LogP contribution in [0.15, 0.2) is 36.4 Å². The number of nitrogens with two attached hydrogens (primary N) is 1. The van der Waals surface area contributed by atoms with Crippen molar-refractivity contribution in [2.45, 2.75) is 6.54 Å². The van der Waals surface area contributed by atoms with E-state index in [-0.39, 0.29) is 35.5 Å². The highest BCUT2D eigenvalue weighted by molar-refractivity contribution is 6.31. The van der Waals surface area contributed by atoms with Crippen molar-refractivity contribution in [3.8, 4) is 5.75 Å². The van der Waals surface area contributed by atoms with Gasteiger partial charge in [0.2, 0.25) is 0 Å². The molecule has 0 atom stereocenters. The molecule has 5 N–H and O–H groups in total. The summed E-state index contributed by atoms with van der Waals surface area (Å²) in [5, 5.41) is 12.5. The molecule has 0 bridgehead atoms. The first-order valence-corrected chi connectivity index (χ1v) is 8.23. The van der Waals surface area contributed by atoms with Gasteiger partial charge < -0.3 is 21.1 Å². The van der Waals surface area contributed by atoms with Gasteiger partial charge in [-0.2, -0.15) is 0 Å². The van der Waals surface area contributed by atoms with Gasteiger partial charge in [0.05, 0.1) is 5.02 Å². The van der Waals surface area contributed by atoms with Crippen molar-refractivity contribution in [3.05, 3.63) is 63.9 Å². The second kappa shape index (κ2) is 9.00. The predicted octanol–water partition coefficient (Wildman–Crippen LogP) is 1.82. The molecule has 142 valence electrons. The molecule has 0 unspecified atom stereocenters. The van der Waals surface area contributed by atoms with E-state index in [9.17, 15) is 14.0 Å². The fourth-order valence-corrected chi connectivity index (χ4v) is 2.31. The average molecular weight is 393 g/mol. The molecule has 0 radical (unpaired) electrons. The van der Waals surface area contributed by atoms with Crippen molar-refractivity contribution in [3.63, 3.8) is 0 Å². The lowest BCUT2D eigenvalue weighted by atomic mass is 10.1. The summed E-state index contributed by atoms with van der Waals surface area (Å²) in [7, 11) is 1.48. The molecule has 0 saturated heterocycles. The standard InChI is InChI=1S/C18H18ClFN4O3/c1-23-16(25)9-27-15-7-10(17(21)22)2-3-12(15)8-24-18(26)11-4-5-14(20)13(19)6-11/h2-7H,8-9H2,1H3,(H3,21,22)(H,23,25)(H,24,26). The molecular formula is C18H18ClFN4O3. The molecule has 0 saturated carbocycles. The zero-order valence-corrected chi connectivity index (χ0v) is 15.2. The quantitative estimate of drug-likeness (QED) is 0.424. The van der Waals surface area contributed by atoms with Crippen LogP contribution >= 0.6 is 11.6 Å². The highest BCUT2D eigenvalue weighted by Crippen LogP contribution is 2.21. The number of nitrogen functional groups attached to an aromatic ring is 1. The van der Waals surface area contributed by atoms with Gasteiger partial charge in [0.1, 0.15) is 17.4 Å².